The minimum Gasteiger partial charge on any atom is -0.373 e. The van der Waals surface area contributed by atoms with E-state index < -0.39 is 6.04 Å². The molecule has 1 heterocycles. The molecule has 0 aliphatic carbocycles. The third kappa shape index (κ3) is 3.60. The van der Waals surface area contributed by atoms with E-state index in [4.69, 9.17) is 11.6 Å². The van der Waals surface area contributed by atoms with Crippen LogP contribution < -0.4 is 5.32 Å². The van der Waals surface area contributed by atoms with E-state index in [1.807, 2.05) is 36.4 Å². The zero-order chi connectivity index (χ0) is 17.1. The standard InChI is InChI=1S/C19H19ClN2O2/c1-2-13-5-9-16(10-6-13)21-17-11-18(23)22(19(17)24)12-14-3-7-15(20)8-4-14/h3-10,17,21H,2,11-12H2,1H3. The quantitative estimate of drug-likeness (QED) is 0.844. The summed E-state index contributed by atoms with van der Waals surface area (Å²) in [6.45, 7) is 2.37. The normalized spacial score (nSPS) is 17.4. The van der Waals surface area contributed by atoms with Gasteiger partial charge in [0.1, 0.15) is 6.04 Å². The van der Waals surface area contributed by atoms with Gasteiger partial charge in [0.2, 0.25) is 5.91 Å². The van der Waals surface area contributed by atoms with Gasteiger partial charge in [-0.05, 0) is 41.8 Å². The van der Waals surface area contributed by atoms with E-state index in [9.17, 15) is 9.59 Å². The van der Waals surface area contributed by atoms with Crippen molar-refractivity contribution in [2.75, 3.05) is 5.32 Å². The summed E-state index contributed by atoms with van der Waals surface area (Å²) in [5, 5.41) is 3.80. The predicted molar refractivity (Wildman–Crippen MR) is 94.9 cm³/mol. The molecule has 1 aliphatic heterocycles. The fourth-order valence-electron chi connectivity index (χ4n) is 2.77. The van der Waals surface area contributed by atoms with Crippen LogP contribution >= 0.6 is 11.6 Å². The smallest absolute Gasteiger partial charge is 0.252 e. The van der Waals surface area contributed by atoms with E-state index in [0.717, 1.165) is 17.7 Å². The van der Waals surface area contributed by atoms with Gasteiger partial charge in [0, 0.05) is 10.7 Å². The van der Waals surface area contributed by atoms with E-state index in [1.165, 1.54) is 10.5 Å². The molecule has 0 spiro atoms. The highest BCUT2D eigenvalue weighted by atomic mass is 35.5. The third-order valence-electron chi connectivity index (χ3n) is 4.20. The van der Waals surface area contributed by atoms with Crippen molar-refractivity contribution in [3.05, 3.63) is 64.7 Å². The van der Waals surface area contributed by atoms with Crippen molar-refractivity contribution in [3.8, 4) is 0 Å². The number of aryl methyl sites for hydroxylation is 1. The number of carbonyl (C=O) groups is 2. The van der Waals surface area contributed by atoms with Crippen LogP contribution in [0.2, 0.25) is 5.02 Å². The van der Waals surface area contributed by atoms with Crippen LogP contribution in [0.15, 0.2) is 48.5 Å². The Hall–Kier alpha value is -2.33. The summed E-state index contributed by atoms with van der Waals surface area (Å²) < 4.78 is 0. The molecule has 3 rings (SSSR count). The Bertz CT molecular complexity index is 741. The molecule has 2 amide bonds. The monoisotopic (exact) mass is 342 g/mol. The molecule has 2 aromatic carbocycles. The van der Waals surface area contributed by atoms with E-state index in [0.29, 0.717) is 5.02 Å². The van der Waals surface area contributed by atoms with Gasteiger partial charge in [0.15, 0.2) is 0 Å². The fraction of sp³-hybridized carbons (Fsp3) is 0.263. The molecule has 2 aromatic rings. The molecule has 5 heteroatoms. The largest absolute Gasteiger partial charge is 0.373 e. The number of hydrogen-bond acceptors (Lipinski definition) is 3. The Labute approximate surface area is 146 Å². The van der Waals surface area contributed by atoms with Crippen molar-refractivity contribution >= 4 is 29.1 Å². The van der Waals surface area contributed by atoms with Crippen LogP contribution in [0.5, 0.6) is 0 Å². The van der Waals surface area contributed by atoms with Crippen LogP contribution in [0.3, 0.4) is 0 Å². The Balaban J connectivity index is 1.67. The number of halogens is 1. The summed E-state index contributed by atoms with van der Waals surface area (Å²) in [5.74, 6) is -0.341. The number of amides is 2. The summed E-state index contributed by atoms with van der Waals surface area (Å²) in [5.41, 5.74) is 2.97. The second-order valence-corrected chi connectivity index (χ2v) is 6.33. The number of rotatable bonds is 5. The second-order valence-electron chi connectivity index (χ2n) is 5.90. The summed E-state index contributed by atoms with van der Waals surface area (Å²) in [6.07, 6.45) is 1.15. The number of nitrogens with one attached hydrogen (secondary N) is 1. The molecule has 1 unspecified atom stereocenters. The molecule has 1 saturated heterocycles. The van der Waals surface area contributed by atoms with E-state index >= 15 is 0 Å². The van der Waals surface area contributed by atoms with Gasteiger partial charge >= 0.3 is 0 Å². The summed E-state index contributed by atoms with van der Waals surface area (Å²) in [7, 11) is 0. The molecule has 1 atom stereocenters. The van der Waals surface area contributed by atoms with E-state index in [-0.39, 0.29) is 24.8 Å². The van der Waals surface area contributed by atoms with Crippen LogP contribution in [0.4, 0.5) is 5.69 Å². The second kappa shape index (κ2) is 7.05. The maximum atomic E-state index is 12.5. The van der Waals surface area contributed by atoms with Crippen LogP contribution in [0.1, 0.15) is 24.5 Å². The molecular formula is C19H19ClN2O2. The highest BCUT2D eigenvalue weighted by Crippen LogP contribution is 2.21. The van der Waals surface area contributed by atoms with Gasteiger partial charge in [0.05, 0.1) is 13.0 Å². The van der Waals surface area contributed by atoms with Gasteiger partial charge < -0.3 is 5.32 Å². The van der Waals surface area contributed by atoms with Crippen molar-refractivity contribution in [1.29, 1.82) is 0 Å². The van der Waals surface area contributed by atoms with Gasteiger partial charge in [0.25, 0.3) is 5.91 Å². The van der Waals surface area contributed by atoms with Gasteiger partial charge in [-0.1, -0.05) is 42.8 Å². The predicted octanol–water partition coefficient (Wildman–Crippen LogP) is 3.64. The lowest BCUT2D eigenvalue weighted by Crippen LogP contribution is -2.34. The molecule has 4 nitrogen and oxygen atoms in total. The summed E-state index contributed by atoms with van der Waals surface area (Å²) >= 11 is 5.86. The van der Waals surface area contributed by atoms with Crippen LogP contribution in [0.25, 0.3) is 0 Å². The molecule has 0 saturated carbocycles. The first kappa shape index (κ1) is 16.5. The van der Waals surface area contributed by atoms with Crippen molar-refractivity contribution in [3.63, 3.8) is 0 Å². The zero-order valence-corrected chi connectivity index (χ0v) is 14.2. The minimum absolute atomic E-state index is 0.155. The van der Waals surface area contributed by atoms with Crippen LogP contribution in [-0.2, 0) is 22.6 Å². The number of benzene rings is 2. The van der Waals surface area contributed by atoms with Crippen molar-refractivity contribution in [1.82, 2.24) is 4.90 Å². The van der Waals surface area contributed by atoms with Crippen molar-refractivity contribution in [2.45, 2.75) is 32.4 Å². The van der Waals surface area contributed by atoms with E-state index in [1.54, 1.807) is 12.1 Å². The number of imide groups is 1. The van der Waals surface area contributed by atoms with Crippen molar-refractivity contribution in [2.24, 2.45) is 0 Å². The Morgan fingerprint density at radius 2 is 1.67 bits per heavy atom. The molecule has 24 heavy (non-hydrogen) atoms. The number of nitrogens with zero attached hydrogens (tertiary/aromatic N) is 1. The maximum Gasteiger partial charge on any atom is 0.252 e. The average molecular weight is 343 g/mol. The highest BCUT2D eigenvalue weighted by Gasteiger charge is 2.38. The summed E-state index contributed by atoms with van der Waals surface area (Å²) in [6, 6.07) is 14.6. The SMILES string of the molecule is CCc1ccc(NC2CC(=O)N(Cc3ccc(Cl)cc3)C2=O)cc1. The molecule has 1 N–H and O–H groups in total. The topological polar surface area (TPSA) is 49.4 Å². The number of anilines is 1. The first-order valence-corrected chi connectivity index (χ1v) is 8.38. The Morgan fingerprint density at radius 3 is 2.29 bits per heavy atom. The summed E-state index contributed by atoms with van der Waals surface area (Å²) in [4.78, 5) is 26.0. The first-order valence-electron chi connectivity index (χ1n) is 8.01. The van der Waals surface area contributed by atoms with Gasteiger partial charge in [-0.2, -0.15) is 0 Å². The number of hydrogen-bond donors (Lipinski definition) is 1. The Kier molecular flexibility index (Phi) is 4.86. The molecule has 1 aliphatic rings. The van der Waals surface area contributed by atoms with Gasteiger partial charge in [-0.15, -0.1) is 0 Å². The lowest BCUT2D eigenvalue weighted by molar-refractivity contribution is -0.139. The Morgan fingerprint density at radius 1 is 1.04 bits per heavy atom. The number of carbonyl (C=O) groups excluding carboxylic acids is 2. The minimum atomic E-state index is -0.503. The lowest BCUT2D eigenvalue weighted by Gasteiger charge is -2.16. The maximum absolute atomic E-state index is 12.5. The van der Waals surface area contributed by atoms with Gasteiger partial charge in [-0.3, -0.25) is 14.5 Å². The highest BCUT2D eigenvalue weighted by molar-refractivity contribution is 6.30. The number of likely N-dealkylation sites (tertiary alicyclic amines) is 1. The van der Waals surface area contributed by atoms with Gasteiger partial charge in [-0.25, -0.2) is 0 Å². The fourth-order valence-corrected chi connectivity index (χ4v) is 2.90. The lowest BCUT2D eigenvalue weighted by atomic mass is 10.1. The average Bonchev–Trinajstić information content (AvgIpc) is 2.85. The third-order valence-corrected chi connectivity index (χ3v) is 4.45. The van der Waals surface area contributed by atoms with Crippen molar-refractivity contribution < 1.29 is 9.59 Å². The zero-order valence-electron chi connectivity index (χ0n) is 13.5. The molecule has 0 bridgehead atoms. The molecule has 1 fully saturated rings. The molecular weight excluding hydrogens is 324 g/mol. The molecule has 124 valence electrons. The molecule has 0 radical (unpaired) electrons. The molecule has 0 aromatic heterocycles. The van der Waals surface area contributed by atoms with E-state index in [2.05, 4.69) is 12.2 Å². The van der Waals surface area contributed by atoms with Crippen LogP contribution in [-0.4, -0.2) is 22.8 Å². The van der Waals surface area contributed by atoms with Crippen LogP contribution in [0, 0.1) is 0 Å². The first-order chi connectivity index (χ1) is 11.6.